The van der Waals surface area contributed by atoms with E-state index in [0.717, 1.165) is 13.1 Å². The quantitative estimate of drug-likeness (QED) is 0.297. The summed E-state index contributed by atoms with van der Waals surface area (Å²) >= 11 is 6.37. The number of benzene rings is 2. The van der Waals surface area contributed by atoms with Gasteiger partial charge in [0.15, 0.2) is 11.5 Å². The van der Waals surface area contributed by atoms with Crippen LogP contribution in [0.4, 0.5) is 0 Å². The zero-order chi connectivity index (χ0) is 25.7. The van der Waals surface area contributed by atoms with E-state index in [9.17, 15) is 14.7 Å². The molecule has 35 heavy (non-hydrogen) atoms. The van der Waals surface area contributed by atoms with Crippen LogP contribution in [0.15, 0.2) is 42.0 Å². The number of aliphatic hydroxyl groups excluding tert-OH is 1. The van der Waals surface area contributed by atoms with Crippen molar-refractivity contribution in [2.75, 3.05) is 47.5 Å². The second-order valence-corrected chi connectivity index (χ2v) is 8.39. The Balaban J connectivity index is 2.20. The molecular formula is C26H31ClN2O6. The molecule has 2 aromatic carbocycles. The molecule has 8 nitrogen and oxygen atoms in total. The number of likely N-dealkylation sites (N-methyl/N-ethyl adjacent to an activating group) is 1. The Labute approximate surface area is 210 Å². The number of rotatable bonds is 10. The Morgan fingerprint density at radius 2 is 1.69 bits per heavy atom. The summed E-state index contributed by atoms with van der Waals surface area (Å²) in [4.78, 5) is 30.1. The number of Topliss-reactive ketones (excluding diaryl/α,β-unsaturated/α-hetero) is 1. The summed E-state index contributed by atoms with van der Waals surface area (Å²) in [5.74, 6) is -0.420. The van der Waals surface area contributed by atoms with Crippen LogP contribution >= 0.6 is 11.6 Å². The molecule has 2 aromatic rings. The van der Waals surface area contributed by atoms with E-state index >= 15 is 0 Å². The summed E-state index contributed by atoms with van der Waals surface area (Å²) in [7, 11) is 4.52. The number of hydrogen-bond donors (Lipinski definition) is 1. The van der Waals surface area contributed by atoms with Gasteiger partial charge in [0.1, 0.15) is 11.5 Å². The number of halogens is 1. The first-order chi connectivity index (χ1) is 16.8. The molecule has 0 bridgehead atoms. The summed E-state index contributed by atoms with van der Waals surface area (Å²) in [6.45, 7) is 6.56. The maximum absolute atomic E-state index is 13.3. The number of nitrogens with zero attached hydrogens (tertiary/aromatic N) is 2. The van der Waals surface area contributed by atoms with Crippen molar-refractivity contribution in [2.24, 2.45) is 0 Å². The van der Waals surface area contributed by atoms with E-state index in [4.69, 9.17) is 25.8 Å². The Kier molecular flexibility index (Phi) is 8.64. The van der Waals surface area contributed by atoms with Gasteiger partial charge in [0.2, 0.25) is 0 Å². The average Bonchev–Trinajstić information content (AvgIpc) is 3.13. The maximum Gasteiger partial charge on any atom is 0.295 e. The number of amides is 1. The van der Waals surface area contributed by atoms with Crippen molar-refractivity contribution in [1.82, 2.24) is 9.80 Å². The van der Waals surface area contributed by atoms with E-state index in [1.807, 2.05) is 13.8 Å². The third-order valence-corrected chi connectivity index (χ3v) is 6.57. The van der Waals surface area contributed by atoms with Crippen molar-refractivity contribution in [3.05, 3.63) is 58.1 Å². The zero-order valence-electron chi connectivity index (χ0n) is 20.6. The molecule has 1 aliphatic heterocycles. The van der Waals surface area contributed by atoms with E-state index in [0.29, 0.717) is 35.9 Å². The largest absolute Gasteiger partial charge is 0.507 e. The summed E-state index contributed by atoms with van der Waals surface area (Å²) in [6.07, 6.45) is 0. The average molecular weight is 503 g/mol. The van der Waals surface area contributed by atoms with Crippen molar-refractivity contribution in [1.29, 1.82) is 0 Å². The topological polar surface area (TPSA) is 88.5 Å². The Morgan fingerprint density at radius 3 is 2.29 bits per heavy atom. The van der Waals surface area contributed by atoms with Gasteiger partial charge in [-0.1, -0.05) is 31.5 Å². The molecule has 188 valence electrons. The Hall–Kier alpha value is -3.23. The smallest absolute Gasteiger partial charge is 0.295 e. The first-order valence-corrected chi connectivity index (χ1v) is 11.8. The van der Waals surface area contributed by atoms with Crippen LogP contribution in [0.5, 0.6) is 17.2 Å². The zero-order valence-corrected chi connectivity index (χ0v) is 21.4. The van der Waals surface area contributed by atoms with Gasteiger partial charge < -0.3 is 29.1 Å². The van der Waals surface area contributed by atoms with Crippen molar-refractivity contribution in [2.45, 2.75) is 19.9 Å². The van der Waals surface area contributed by atoms with E-state index in [-0.39, 0.29) is 21.9 Å². The molecule has 1 unspecified atom stereocenters. The third-order valence-electron chi connectivity index (χ3n) is 6.24. The molecule has 9 heteroatoms. The van der Waals surface area contributed by atoms with Gasteiger partial charge in [-0.25, -0.2) is 0 Å². The van der Waals surface area contributed by atoms with Crippen molar-refractivity contribution >= 4 is 29.1 Å². The van der Waals surface area contributed by atoms with Gasteiger partial charge in [0.05, 0.1) is 38.0 Å². The minimum atomic E-state index is -0.840. The fraction of sp³-hybridized carbons (Fsp3) is 0.385. The Morgan fingerprint density at radius 1 is 1.00 bits per heavy atom. The summed E-state index contributed by atoms with van der Waals surface area (Å²) in [5.41, 5.74) is 0.761. The molecule has 1 heterocycles. The summed E-state index contributed by atoms with van der Waals surface area (Å²) in [5, 5.41) is 11.6. The van der Waals surface area contributed by atoms with Crippen LogP contribution in [-0.2, 0) is 9.59 Å². The highest BCUT2D eigenvalue weighted by molar-refractivity contribution is 6.47. The number of carbonyl (C=O) groups excluding carboxylic acids is 2. The predicted molar refractivity (Wildman–Crippen MR) is 134 cm³/mol. The van der Waals surface area contributed by atoms with Crippen molar-refractivity contribution < 1.29 is 28.9 Å². The highest BCUT2D eigenvalue weighted by atomic mass is 35.5. The van der Waals surface area contributed by atoms with Crippen LogP contribution in [0.25, 0.3) is 5.76 Å². The highest BCUT2D eigenvalue weighted by Gasteiger charge is 2.46. The summed E-state index contributed by atoms with van der Waals surface area (Å²) in [6, 6.07) is 9.07. The monoisotopic (exact) mass is 502 g/mol. The van der Waals surface area contributed by atoms with E-state index in [1.54, 1.807) is 30.3 Å². The standard InChI is InChI=1S/C26H31ClN2O6/c1-6-28(7-2)12-13-29-23(16-8-11-20(34-4)21(14-16)35-5)22(25(31)26(29)32)24(30)18-15-17(33-3)9-10-19(18)27/h8-11,14-15,23,30H,6-7,12-13H2,1-5H3/b24-22+. The second-order valence-electron chi connectivity index (χ2n) is 7.98. The van der Waals surface area contributed by atoms with Gasteiger partial charge in [-0.15, -0.1) is 0 Å². The number of likely N-dealkylation sites (tertiary alicyclic amines) is 1. The molecule has 1 aliphatic rings. The van der Waals surface area contributed by atoms with Crippen molar-refractivity contribution in [3.63, 3.8) is 0 Å². The molecule has 1 saturated heterocycles. The second kappa shape index (κ2) is 11.5. The minimum absolute atomic E-state index is 0.0445. The lowest BCUT2D eigenvalue weighted by atomic mass is 9.95. The first-order valence-electron chi connectivity index (χ1n) is 11.4. The molecule has 0 spiro atoms. The predicted octanol–water partition coefficient (Wildman–Crippen LogP) is 4.13. The van der Waals surface area contributed by atoms with E-state index in [1.165, 1.54) is 32.3 Å². The number of aliphatic hydroxyl groups is 1. The fourth-order valence-electron chi connectivity index (χ4n) is 4.23. The number of ether oxygens (including phenoxy) is 3. The van der Waals surface area contributed by atoms with Gasteiger partial charge in [-0.05, 0) is 49.0 Å². The number of methoxy groups -OCH3 is 3. The number of hydrogen-bond acceptors (Lipinski definition) is 7. The van der Waals surface area contributed by atoms with E-state index in [2.05, 4.69) is 4.90 Å². The van der Waals surface area contributed by atoms with E-state index < -0.39 is 17.7 Å². The van der Waals surface area contributed by atoms with Crippen LogP contribution < -0.4 is 14.2 Å². The van der Waals surface area contributed by atoms with Gasteiger partial charge in [0, 0.05) is 18.7 Å². The van der Waals surface area contributed by atoms with Crippen molar-refractivity contribution in [3.8, 4) is 17.2 Å². The molecule has 1 amide bonds. The van der Waals surface area contributed by atoms with Gasteiger partial charge in [0.25, 0.3) is 11.7 Å². The van der Waals surface area contributed by atoms with Crippen LogP contribution in [0, 0.1) is 0 Å². The lowest BCUT2D eigenvalue weighted by Crippen LogP contribution is -2.38. The number of ketones is 1. The van der Waals surface area contributed by atoms with Crippen LogP contribution in [0.2, 0.25) is 5.02 Å². The third kappa shape index (κ3) is 5.23. The molecule has 1 N–H and O–H groups in total. The molecule has 0 saturated carbocycles. The number of carbonyl (C=O) groups is 2. The van der Waals surface area contributed by atoms with Gasteiger partial charge >= 0.3 is 0 Å². The first kappa shape index (κ1) is 26.4. The molecule has 3 rings (SSSR count). The summed E-state index contributed by atoms with van der Waals surface area (Å²) < 4.78 is 16.1. The molecule has 1 atom stereocenters. The van der Waals surface area contributed by atoms with Gasteiger partial charge in [-0.3, -0.25) is 9.59 Å². The van der Waals surface area contributed by atoms with Crippen LogP contribution in [-0.4, -0.2) is 74.1 Å². The molecule has 0 aromatic heterocycles. The lowest BCUT2D eigenvalue weighted by Gasteiger charge is -2.28. The Bertz CT molecular complexity index is 1130. The lowest BCUT2D eigenvalue weighted by molar-refractivity contribution is -0.140. The molecular weight excluding hydrogens is 472 g/mol. The highest BCUT2D eigenvalue weighted by Crippen LogP contribution is 2.43. The van der Waals surface area contributed by atoms with Gasteiger partial charge in [-0.2, -0.15) is 0 Å². The minimum Gasteiger partial charge on any atom is -0.507 e. The maximum atomic E-state index is 13.3. The SMILES string of the molecule is CCN(CC)CCN1C(=O)C(=O)/C(=C(/O)c2cc(OC)ccc2Cl)C1c1ccc(OC)c(OC)c1. The fourth-order valence-corrected chi connectivity index (χ4v) is 4.43. The van der Waals surface area contributed by atoms with Crippen LogP contribution in [0.1, 0.15) is 31.0 Å². The normalized spacial score (nSPS) is 17.2. The molecule has 1 fully saturated rings. The molecule has 0 aliphatic carbocycles. The molecule has 0 radical (unpaired) electrons. The van der Waals surface area contributed by atoms with Crippen LogP contribution in [0.3, 0.4) is 0 Å².